The average Bonchev–Trinajstić information content (AvgIpc) is 3.35. The number of anilines is 1. The largest absolute Gasteiger partial charge is 0.324 e. The molecule has 2 fully saturated rings. The maximum Gasteiger partial charge on any atom is 0.248 e. The van der Waals surface area contributed by atoms with Gasteiger partial charge in [0.15, 0.2) is 0 Å². The first-order chi connectivity index (χ1) is 14.7. The topological polar surface area (TPSA) is 49.4 Å². The Hall–Kier alpha value is -3.05. The lowest BCUT2D eigenvalue weighted by Gasteiger charge is -2.34. The lowest BCUT2D eigenvalue weighted by molar-refractivity contribution is -0.136. The van der Waals surface area contributed by atoms with Crippen LogP contribution in [0.25, 0.3) is 11.1 Å². The van der Waals surface area contributed by atoms with Gasteiger partial charge in [-0.1, -0.05) is 72.8 Å². The molecule has 0 saturated carbocycles. The number of thioether (sulfide) groups is 1. The van der Waals surface area contributed by atoms with Crippen LogP contribution in [0.4, 0.5) is 5.69 Å². The number of carbonyl (C=O) groups excluding carboxylic acids is 2. The normalized spacial score (nSPS) is 22.7. The number of carbonyl (C=O) groups is 2. The molecule has 5 rings (SSSR count). The molecule has 4 nitrogen and oxygen atoms in total. The summed E-state index contributed by atoms with van der Waals surface area (Å²) in [6.07, 6.45) is 1.23. The third kappa shape index (κ3) is 3.19. The van der Waals surface area contributed by atoms with Gasteiger partial charge in [0.25, 0.3) is 0 Å². The predicted molar refractivity (Wildman–Crippen MR) is 121 cm³/mol. The van der Waals surface area contributed by atoms with E-state index in [1.54, 1.807) is 11.8 Å². The fourth-order valence-electron chi connectivity index (χ4n) is 4.44. The van der Waals surface area contributed by atoms with Crippen molar-refractivity contribution in [2.45, 2.75) is 23.8 Å². The Morgan fingerprint density at radius 3 is 2.23 bits per heavy atom. The Labute approximate surface area is 180 Å². The van der Waals surface area contributed by atoms with E-state index in [0.29, 0.717) is 12.2 Å². The van der Waals surface area contributed by atoms with Crippen molar-refractivity contribution in [1.82, 2.24) is 4.90 Å². The fourth-order valence-corrected chi connectivity index (χ4v) is 6.09. The van der Waals surface area contributed by atoms with Crippen LogP contribution in [-0.4, -0.2) is 28.5 Å². The van der Waals surface area contributed by atoms with Crippen LogP contribution in [-0.2, 0) is 14.5 Å². The van der Waals surface area contributed by atoms with E-state index >= 15 is 0 Å². The van der Waals surface area contributed by atoms with Crippen LogP contribution < -0.4 is 5.32 Å². The third-order valence-electron chi connectivity index (χ3n) is 5.91. The van der Waals surface area contributed by atoms with Gasteiger partial charge in [0.05, 0.1) is 0 Å². The van der Waals surface area contributed by atoms with Crippen LogP contribution >= 0.6 is 11.8 Å². The Kier molecular flexibility index (Phi) is 4.83. The second kappa shape index (κ2) is 7.65. The summed E-state index contributed by atoms with van der Waals surface area (Å²) >= 11 is 1.71. The van der Waals surface area contributed by atoms with Crippen molar-refractivity contribution >= 4 is 29.3 Å². The minimum absolute atomic E-state index is 0.0587. The summed E-state index contributed by atoms with van der Waals surface area (Å²) in [6, 6.07) is 27.6. The first-order valence-electron chi connectivity index (χ1n) is 10.2. The van der Waals surface area contributed by atoms with Gasteiger partial charge in [0.2, 0.25) is 11.8 Å². The molecule has 0 unspecified atom stereocenters. The summed E-state index contributed by atoms with van der Waals surface area (Å²) in [6.45, 7) is 0. The smallest absolute Gasteiger partial charge is 0.248 e. The number of fused-ring (bicyclic) bond motifs is 1. The van der Waals surface area contributed by atoms with Crippen molar-refractivity contribution in [3.8, 4) is 11.1 Å². The van der Waals surface area contributed by atoms with Crippen molar-refractivity contribution < 1.29 is 9.59 Å². The van der Waals surface area contributed by atoms with E-state index < -0.39 is 10.9 Å². The Morgan fingerprint density at radius 2 is 1.53 bits per heavy atom. The number of rotatable bonds is 4. The Balaban J connectivity index is 1.35. The maximum absolute atomic E-state index is 13.1. The SMILES string of the molecule is O=C(Nc1ccc(-c2ccccc2)cc1)[C@H]1CS[C@@]2(c3ccccc3)CCC(=O)N12. The zero-order chi connectivity index (χ0) is 20.6. The molecule has 3 aromatic carbocycles. The molecule has 2 atom stereocenters. The molecular formula is C25H22N2O2S. The monoisotopic (exact) mass is 414 g/mol. The zero-order valence-electron chi connectivity index (χ0n) is 16.5. The predicted octanol–water partition coefficient (Wildman–Crippen LogP) is 4.88. The number of nitrogens with zero attached hydrogens (tertiary/aromatic N) is 1. The number of hydrogen-bond donors (Lipinski definition) is 1. The second-order valence-corrected chi connectivity index (χ2v) is 8.97. The summed E-state index contributed by atoms with van der Waals surface area (Å²) in [5.74, 6) is 0.542. The average molecular weight is 415 g/mol. The van der Waals surface area contributed by atoms with Crippen LogP contribution in [0.15, 0.2) is 84.9 Å². The number of benzene rings is 3. The highest BCUT2D eigenvalue weighted by atomic mass is 32.2. The minimum Gasteiger partial charge on any atom is -0.324 e. The molecule has 2 saturated heterocycles. The second-order valence-electron chi connectivity index (χ2n) is 7.67. The van der Waals surface area contributed by atoms with Crippen molar-refractivity contribution in [3.63, 3.8) is 0 Å². The van der Waals surface area contributed by atoms with Gasteiger partial charge < -0.3 is 10.2 Å². The maximum atomic E-state index is 13.1. The summed E-state index contributed by atoms with van der Waals surface area (Å²) in [5.41, 5.74) is 4.08. The van der Waals surface area contributed by atoms with Crippen molar-refractivity contribution in [2.24, 2.45) is 0 Å². The van der Waals surface area contributed by atoms with E-state index in [-0.39, 0.29) is 11.8 Å². The number of amides is 2. The molecule has 0 aliphatic carbocycles. The third-order valence-corrected chi connectivity index (χ3v) is 7.51. The van der Waals surface area contributed by atoms with Crippen LogP contribution in [0.5, 0.6) is 0 Å². The molecule has 3 aromatic rings. The van der Waals surface area contributed by atoms with Crippen LogP contribution in [0.3, 0.4) is 0 Å². The highest BCUT2D eigenvalue weighted by Gasteiger charge is 2.56. The lowest BCUT2D eigenvalue weighted by atomic mass is 10.0. The van der Waals surface area contributed by atoms with E-state index in [2.05, 4.69) is 29.6 Å². The highest BCUT2D eigenvalue weighted by molar-refractivity contribution is 8.00. The van der Waals surface area contributed by atoms with Crippen LogP contribution in [0.1, 0.15) is 18.4 Å². The molecule has 2 heterocycles. The molecule has 0 radical (unpaired) electrons. The molecular weight excluding hydrogens is 392 g/mol. The van der Waals surface area contributed by atoms with Gasteiger partial charge in [0, 0.05) is 17.9 Å². The van der Waals surface area contributed by atoms with Crippen LogP contribution in [0.2, 0.25) is 0 Å². The molecule has 0 bridgehead atoms. The minimum atomic E-state index is -0.459. The van der Waals surface area contributed by atoms with E-state index in [4.69, 9.17) is 0 Å². The molecule has 0 aromatic heterocycles. The summed E-state index contributed by atoms with van der Waals surface area (Å²) in [5, 5.41) is 3.02. The van der Waals surface area contributed by atoms with Gasteiger partial charge in [0.1, 0.15) is 10.9 Å². The molecule has 2 aliphatic rings. The fraction of sp³-hybridized carbons (Fsp3) is 0.200. The summed E-state index contributed by atoms with van der Waals surface area (Å²) in [4.78, 5) is 27.2. The first-order valence-corrected chi connectivity index (χ1v) is 11.1. The summed E-state index contributed by atoms with van der Waals surface area (Å²) < 4.78 is 0. The molecule has 5 heteroatoms. The molecule has 2 aliphatic heterocycles. The Morgan fingerprint density at radius 1 is 0.900 bits per heavy atom. The van der Waals surface area contributed by atoms with Gasteiger partial charge in [-0.25, -0.2) is 0 Å². The first kappa shape index (κ1) is 18.9. The lowest BCUT2D eigenvalue weighted by Crippen LogP contribution is -2.48. The highest BCUT2D eigenvalue weighted by Crippen LogP contribution is 2.54. The van der Waals surface area contributed by atoms with Crippen molar-refractivity contribution in [3.05, 3.63) is 90.5 Å². The van der Waals surface area contributed by atoms with E-state index in [1.807, 2.05) is 65.6 Å². The van der Waals surface area contributed by atoms with Crippen molar-refractivity contribution in [2.75, 3.05) is 11.1 Å². The van der Waals surface area contributed by atoms with E-state index in [0.717, 1.165) is 28.8 Å². The molecule has 30 heavy (non-hydrogen) atoms. The van der Waals surface area contributed by atoms with Gasteiger partial charge in [-0.15, -0.1) is 11.8 Å². The van der Waals surface area contributed by atoms with Crippen molar-refractivity contribution in [1.29, 1.82) is 0 Å². The van der Waals surface area contributed by atoms with E-state index in [9.17, 15) is 9.59 Å². The molecule has 2 amide bonds. The standard InChI is InChI=1S/C25H22N2O2S/c28-23-15-16-25(20-9-5-2-6-10-20)27(23)22(17-30-25)24(29)26-21-13-11-19(12-14-21)18-7-3-1-4-8-18/h1-14,22H,15-17H2,(H,26,29)/t22-,25-/m1/s1. The van der Waals surface area contributed by atoms with Crippen LogP contribution in [0, 0.1) is 0 Å². The van der Waals surface area contributed by atoms with Gasteiger partial charge in [-0.3, -0.25) is 9.59 Å². The van der Waals surface area contributed by atoms with Gasteiger partial charge in [-0.2, -0.15) is 0 Å². The molecule has 150 valence electrons. The van der Waals surface area contributed by atoms with Gasteiger partial charge >= 0.3 is 0 Å². The summed E-state index contributed by atoms with van der Waals surface area (Å²) in [7, 11) is 0. The molecule has 0 spiro atoms. The number of nitrogens with one attached hydrogen (secondary N) is 1. The quantitative estimate of drug-likeness (QED) is 0.662. The van der Waals surface area contributed by atoms with E-state index in [1.165, 1.54) is 0 Å². The zero-order valence-corrected chi connectivity index (χ0v) is 17.3. The number of hydrogen-bond acceptors (Lipinski definition) is 3. The Bertz CT molecular complexity index is 1070. The van der Waals surface area contributed by atoms with Gasteiger partial charge in [-0.05, 0) is 35.2 Å². The molecule has 1 N–H and O–H groups in total.